The summed E-state index contributed by atoms with van der Waals surface area (Å²) in [6, 6.07) is 13.5. The number of hydrogen-bond acceptors (Lipinski definition) is 3. The number of nitrogens with one attached hydrogen (secondary N) is 1. The number of nitrogens with zero attached hydrogens (tertiary/aromatic N) is 1. The van der Waals surface area contributed by atoms with Gasteiger partial charge in [0.2, 0.25) is 15.9 Å². The molecule has 1 N–H and O–H groups in total. The first-order valence-corrected chi connectivity index (χ1v) is 10.4. The molecular weight excluding hydrogens is 348 g/mol. The normalized spacial score (nSPS) is 11.2. The van der Waals surface area contributed by atoms with Crippen LogP contribution in [0.1, 0.15) is 22.3 Å². The van der Waals surface area contributed by atoms with Gasteiger partial charge in [-0.3, -0.25) is 9.10 Å². The largest absolute Gasteiger partial charge is 0.354 e. The van der Waals surface area contributed by atoms with E-state index in [4.69, 9.17) is 0 Å². The van der Waals surface area contributed by atoms with E-state index < -0.39 is 10.0 Å². The SMILES string of the molecule is Cc1cccc(CC(=O)NCCN(c2cc(C)ccc2C)S(C)(=O)=O)c1. The third kappa shape index (κ3) is 5.59. The molecule has 0 atom stereocenters. The number of amides is 1. The number of hydrogen-bond donors (Lipinski definition) is 1. The summed E-state index contributed by atoms with van der Waals surface area (Å²) >= 11 is 0. The summed E-state index contributed by atoms with van der Waals surface area (Å²) in [5.41, 5.74) is 4.57. The van der Waals surface area contributed by atoms with Crippen LogP contribution in [-0.4, -0.2) is 33.7 Å². The zero-order valence-electron chi connectivity index (χ0n) is 15.7. The second-order valence-corrected chi connectivity index (χ2v) is 8.55. The highest BCUT2D eigenvalue weighted by Gasteiger charge is 2.19. The third-order valence-electron chi connectivity index (χ3n) is 4.12. The average molecular weight is 375 g/mol. The van der Waals surface area contributed by atoms with Crippen LogP contribution < -0.4 is 9.62 Å². The highest BCUT2D eigenvalue weighted by atomic mass is 32.2. The number of carbonyl (C=O) groups is 1. The maximum Gasteiger partial charge on any atom is 0.232 e. The molecule has 0 aliphatic carbocycles. The summed E-state index contributed by atoms with van der Waals surface area (Å²) in [7, 11) is -3.44. The van der Waals surface area contributed by atoms with Crippen molar-refractivity contribution in [2.24, 2.45) is 0 Å². The standard InChI is InChI=1S/C20H26N2O3S/c1-15-6-5-7-18(12-15)14-20(23)21-10-11-22(26(4,24)25)19-13-16(2)8-9-17(19)3/h5-9,12-13H,10-11,14H2,1-4H3,(H,21,23). The summed E-state index contributed by atoms with van der Waals surface area (Å²) in [5.74, 6) is -0.120. The van der Waals surface area contributed by atoms with Crippen molar-refractivity contribution in [1.29, 1.82) is 0 Å². The molecule has 0 fully saturated rings. The molecule has 0 radical (unpaired) electrons. The van der Waals surface area contributed by atoms with Gasteiger partial charge in [0.05, 0.1) is 24.9 Å². The summed E-state index contributed by atoms with van der Waals surface area (Å²) in [5, 5.41) is 2.81. The maximum absolute atomic E-state index is 12.2. The molecule has 0 aromatic heterocycles. The minimum Gasteiger partial charge on any atom is -0.354 e. The maximum atomic E-state index is 12.2. The van der Waals surface area contributed by atoms with Gasteiger partial charge < -0.3 is 5.32 Å². The number of anilines is 1. The summed E-state index contributed by atoms with van der Waals surface area (Å²) in [4.78, 5) is 12.1. The molecule has 1 amide bonds. The Balaban J connectivity index is 2.02. The topological polar surface area (TPSA) is 66.5 Å². The van der Waals surface area contributed by atoms with E-state index in [9.17, 15) is 13.2 Å². The molecule has 2 rings (SSSR count). The number of rotatable bonds is 7. The molecule has 0 heterocycles. The average Bonchev–Trinajstić information content (AvgIpc) is 2.53. The molecule has 5 nitrogen and oxygen atoms in total. The van der Waals surface area contributed by atoms with E-state index in [0.29, 0.717) is 5.69 Å². The lowest BCUT2D eigenvalue weighted by atomic mass is 10.1. The highest BCUT2D eigenvalue weighted by molar-refractivity contribution is 7.92. The lowest BCUT2D eigenvalue weighted by Gasteiger charge is -2.24. The first-order valence-electron chi connectivity index (χ1n) is 8.54. The van der Waals surface area contributed by atoms with Crippen molar-refractivity contribution in [3.8, 4) is 0 Å². The van der Waals surface area contributed by atoms with E-state index in [1.54, 1.807) is 0 Å². The van der Waals surface area contributed by atoms with Crippen LogP contribution in [0.4, 0.5) is 5.69 Å². The predicted octanol–water partition coefficient (Wildman–Crippen LogP) is 2.74. The quantitative estimate of drug-likeness (QED) is 0.810. The van der Waals surface area contributed by atoms with Crippen LogP contribution in [0.5, 0.6) is 0 Å². The number of sulfonamides is 1. The molecule has 0 bridgehead atoms. The number of aryl methyl sites for hydroxylation is 3. The van der Waals surface area contributed by atoms with Gasteiger partial charge >= 0.3 is 0 Å². The molecule has 0 spiro atoms. The van der Waals surface area contributed by atoms with Gasteiger partial charge in [0, 0.05) is 6.54 Å². The van der Waals surface area contributed by atoms with Gasteiger partial charge in [-0.1, -0.05) is 42.0 Å². The Morgan fingerprint density at radius 2 is 1.73 bits per heavy atom. The third-order valence-corrected chi connectivity index (χ3v) is 5.30. The Labute approximate surface area is 156 Å². The van der Waals surface area contributed by atoms with E-state index in [0.717, 1.165) is 22.3 Å². The summed E-state index contributed by atoms with van der Waals surface area (Å²) in [6.07, 6.45) is 1.47. The zero-order valence-corrected chi connectivity index (χ0v) is 16.6. The number of carbonyl (C=O) groups excluding carboxylic acids is 1. The molecule has 140 valence electrons. The van der Waals surface area contributed by atoms with Crippen LogP contribution in [0.3, 0.4) is 0 Å². The Morgan fingerprint density at radius 1 is 1.04 bits per heavy atom. The van der Waals surface area contributed by atoms with Crippen molar-refractivity contribution in [3.05, 3.63) is 64.7 Å². The molecule has 6 heteroatoms. The van der Waals surface area contributed by atoms with Crippen molar-refractivity contribution in [3.63, 3.8) is 0 Å². The van der Waals surface area contributed by atoms with E-state index in [1.165, 1.54) is 10.6 Å². The molecule has 26 heavy (non-hydrogen) atoms. The van der Waals surface area contributed by atoms with Crippen LogP contribution >= 0.6 is 0 Å². The fourth-order valence-electron chi connectivity index (χ4n) is 2.82. The van der Waals surface area contributed by atoms with Crippen molar-refractivity contribution >= 4 is 21.6 Å². The Bertz CT molecular complexity index is 892. The van der Waals surface area contributed by atoms with Gasteiger partial charge in [-0.2, -0.15) is 0 Å². The van der Waals surface area contributed by atoms with Gasteiger partial charge in [-0.15, -0.1) is 0 Å². The van der Waals surface area contributed by atoms with E-state index in [1.807, 2.05) is 63.2 Å². The van der Waals surface area contributed by atoms with Crippen LogP contribution in [0.25, 0.3) is 0 Å². The number of benzene rings is 2. The Kier molecular flexibility index (Phi) is 6.42. The first-order chi connectivity index (χ1) is 12.2. The molecule has 0 saturated carbocycles. The molecule has 0 aliphatic heterocycles. The second-order valence-electron chi connectivity index (χ2n) is 6.64. The molecule has 0 unspecified atom stereocenters. The lowest BCUT2D eigenvalue weighted by molar-refractivity contribution is -0.120. The molecule has 0 aliphatic rings. The Morgan fingerprint density at radius 3 is 2.38 bits per heavy atom. The molecule has 0 saturated heterocycles. The summed E-state index contributed by atoms with van der Waals surface area (Å²) < 4.78 is 25.8. The van der Waals surface area contributed by atoms with Gasteiger partial charge in [-0.05, 0) is 43.5 Å². The second kappa shape index (κ2) is 8.36. The van der Waals surface area contributed by atoms with Gasteiger partial charge in [0.1, 0.15) is 0 Å². The predicted molar refractivity (Wildman–Crippen MR) is 106 cm³/mol. The fourth-order valence-corrected chi connectivity index (χ4v) is 3.80. The zero-order chi connectivity index (χ0) is 19.3. The monoisotopic (exact) mass is 374 g/mol. The smallest absolute Gasteiger partial charge is 0.232 e. The van der Waals surface area contributed by atoms with Crippen molar-refractivity contribution in [2.45, 2.75) is 27.2 Å². The highest BCUT2D eigenvalue weighted by Crippen LogP contribution is 2.23. The molecule has 2 aromatic carbocycles. The van der Waals surface area contributed by atoms with Gasteiger partial charge in [0.25, 0.3) is 0 Å². The van der Waals surface area contributed by atoms with E-state index >= 15 is 0 Å². The van der Waals surface area contributed by atoms with Crippen LogP contribution in [0.2, 0.25) is 0 Å². The van der Waals surface area contributed by atoms with Crippen LogP contribution in [-0.2, 0) is 21.2 Å². The first kappa shape index (κ1) is 20.0. The van der Waals surface area contributed by atoms with Crippen LogP contribution in [0.15, 0.2) is 42.5 Å². The minimum atomic E-state index is -3.44. The lowest BCUT2D eigenvalue weighted by Crippen LogP contribution is -2.39. The van der Waals surface area contributed by atoms with Crippen LogP contribution in [0, 0.1) is 20.8 Å². The van der Waals surface area contributed by atoms with Gasteiger partial charge in [0.15, 0.2) is 0 Å². The molecule has 2 aromatic rings. The molecular formula is C20H26N2O3S. The van der Waals surface area contributed by atoms with Crippen molar-refractivity contribution in [2.75, 3.05) is 23.7 Å². The van der Waals surface area contributed by atoms with Crippen molar-refractivity contribution in [1.82, 2.24) is 5.32 Å². The fraction of sp³-hybridized carbons (Fsp3) is 0.350. The van der Waals surface area contributed by atoms with E-state index in [-0.39, 0.29) is 25.4 Å². The van der Waals surface area contributed by atoms with E-state index in [2.05, 4.69) is 5.32 Å². The van der Waals surface area contributed by atoms with Gasteiger partial charge in [-0.25, -0.2) is 8.42 Å². The Hall–Kier alpha value is -2.34. The minimum absolute atomic E-state index is 0.120. The van der Waals surface area contributed by atoms with Crippen molar-refractivity contribution < 1.29 is 13.2 Å². The summed E-state index contributed by atoms with van der Waals surface area (Å²) in [6.45, 7) is 6.24.